The van der Waals surface area contributed by atoms with Gasteiger partial charge in [0.1, 0.15) is 0 Å². The summed E-state index contributed by atoms with van der Waals surface area (Å²) < 4.78 is 27.3. The highest BCUT2D eigenvalue weighted by Crippen LogP contribution is 2.14. The number of hydrogen-bond acceptors (Lipinski definition) is 4. The van der Waals surface area contributed by atoms with Gasteiger partial charge in [-0.2, -0.15) is 0 Å². The second-order valence-electron chi connectivity index (χ2n) is 4.97. The molecular weight excluding hydrogens is 312 g/mol. The quantitative estimate of drug-likeness (QED) is 0.805. The molecule has 1 saturated heterocycles. The second-order valence-corrected chi connectivity index (χ2v) is 6.68. The fraction of sp³-hybridized carbons (Fsp3) is 0.500. The fourth-order valence-corrected chi connectivity index (χ4v) is 3.60. The van der Waals surface area contributed by atoms with E-state index < -0.39 is 10.0 Å². The summed E-state index contributed by atoms with van der Waals surface area (Å²) in [5.41, 5.74) is 0.442. The van der Waals surface area contributed by atoms with Crippen molar-refractivity contribution < 1.29 is 13.2 Å². The molecule has 1 heterocycles. The Kier molecular flexibility index (Phi) is 6.80. The van der Waals surface area contributed by atoms with Gasteiger partial charge >= 0.3 is 0 Å². The topological polar surface area (TPSA) is 75.3 Å². The molecular formula is C14H21ClN2O3S. The van der Waals surface area contributed by atoms with Crippen LogP contribution in [0.3, 0.4) is 0 Å². The Morgan fingerprint density at radius 3 is 2.81 bits per heavy atom. The van der Waals surface area contributed by atoms with Crippen molar-refractivity contribution >= 4 is 28.2 Å². The molecule has 1 aromatic carbocycles. The van der Waals surface area contributed by atoms with Crippen molar-refractivity contribution in [2.75, 3.05) is 13.1 Å². The maximum absolute atomic E-state index is 12.3. The third-order valence-corrected chi connectivity index (χ3v) is 4.92. The van der Waals surface area contributed by atoms with Gasteiger partial charge in [-0.25, -0.2) is 13.1 Å². The van der Waals surface area contributed by atoms with Crippen LogP contribution in [0.2, 0.25) is 0 Å². The average molecular weight is 333 g/mol. The monoisotopic (exact) mass is 332 g/mol. The maximum Gasteiger partial charge on any atom is 0.240 e. The molecule has 0 radical (unpaired) electrons. The van der Waals surface area contributed by atoms with Gasteiger partial charge in [-0.05, 0) is 31.5 Å². The highest BCUT2D eigenvalue weighted by atomic mass is 35.5. The molecule has 0 saturated carbocycles. The van der Waals surface area contributed by atoms with Crippen LogP contribution in [0.4, 0.5) is 0 Å². The number of sulfonamides is 1. The number of carbonyl (C=O) groups excluding carboxylic acids is 1. The van der Waals surface area contributed by atoms with Crippen LogP contribution in [0.15, 0.2) is 29.2 Å². The molecule has 0 spiro atoms. The first kappa shape index (κ1) is 18.1. The minimum absolute atomic E-state index is 0. The van der Waals surface area contributed by atoms with Crippen LogP contribution in [-0.4, -0.2) is 33.3 Å². The predicted octanol–water partition coefficient (Wildman–Crippen LogP) is 1.73. The highest BCUT2D eigenvalue weighted by Gasteiger charge is 2.22. The molecule has 0 aromatic heterocycles. The largest absolute Gasteiger partial charge is 0.315 e. The lowest BCUT2D eigenvalue weighted by Crippen LogP contribution is -2.45. The van der Waals surface area contributed by atoms with Crippen molar-refractivity contribution in [3.05, 3.63) is 29.8 Å². The average Bonchev–Trinajstić information content (AvgIpc) is 2.47. The predicted molar refractivity (Wildman–Crippen MR) is 84.5 cm³/mol. The Labute approximate surface area is 132 Å². The van der Waals surface area contributed by atoms with Crippen LogP contribution in [0, 0.1) is 0 Å². The SMILES string of the molecule is CCC(=O)c1cccc(S(=O)(=O)NC2CCCNC2)c1.Cl. The van der Waals surface area contributed by atoms with E-state index in [1.807, 2.05) is 0 Å². The third kappa shape index (κ3) is 4.78. The second kappa shape index (κ2) is 7.89. The molecule has 0 bridgehead atoms. The Bertz CT molecular complexity index is 584. The summed E-state index contributed by atoms with van der Waals surface area (Å²) in [4.78, 5) is 11.8. The molecule has 1 unspecified atom stereocenters. The number of Topliss-reactive ketones (excluding diaryl/α,β-unsaturated/α-hetero) is 1. The first-order chi connectivity index (χ1) is 9.53. The minimum atomic E-state index is -3.57. The van der Waals surface area contributed by atoms with Crippen LogP contribution >= 0.6 is 12.4 Å². The molecule has 0 aliphatic carbocycles. The summed E-state index contributed by atoms with van der Waals surface area (Å²) in [6.07, 6.45) is 2.16. The summed E-state index contributed by atoms with van der Waals surface area (Å²) >= 11 is 0. The van der Waals surface area contributed by atoms with Gasteiger partial charge in [-0.15, -0.1) is 12.4 Å². The Morgan fingerprint density at radius 1 is 1.43 bits per heavy atom. The van der Waals surface area contributed by atoms with Crippen molar-refractivity contribution in [1.82, 2.24) is 10.0 Å². The Balaban J connectivity index is 0.00000220. The summed E-state index contributed by atoms with van der Waals surface area (Å²) in [6.45, 7) is 3.33. The number of nitrogens with one attached hydrogen (secondary N) is 2. The minimum Gasteiger partial charge on any atom is -0.315 e. The molecule has 1 aromatic rings. The maximum atomic E-state index is 12.3. The summed E-state index contributed by atoms with van der Waals surface area (Å²) in [7, 11) is -3.57. The van der Waals surface area contributed by atoms with Gasteiger partial charge in [0.25, 0.3) is 0 Å². The van der Waals surface area contributed by atoms with Crippen molar-refractivity contribution in [1.29, 1.82) is 0 Å². The fourth-order valence-electron chi connectivity index (χ4n) is 2.28. The van der Waals surface area contributed by atoms with Gasteiger partial charge in [-0.1, -0.05) is 19.1 Å². The van der Waals surface area contributed by atoms with E-state index in [9.17, 15) is 13.2 Å². The van der Waals surface area contributed by atoms with Crippen molar-refractivity contribution in [2.45, 2.75) is 37.1 Å². The summed E-state index contributed by atoms with van der Waals surface area (Å²) in [5, 5.41) is 3.17. The molecule has 118 valence electrons. The lowest BCUT2D eigenvalue weighted by atomic mass is 10.1. The number of ketones is 1. The van der Waals surface area contributed by atoms with E-state index in [2.05, 4.69) is 10.0 Å². The van der Waals surface area contributed by atoms with Crippen LogP contribution in [0.5, 0.6) is 0 Å². The van der Waals surface area contributed by atoms with Crippen molar-refractivity contribution in [3.8, 4) is 0 Å². The first-order valence-corrected chi connectivity index (χ1v) is 8.37. The molecule has 7 heteroatoms. The van der Waals surface area contributed by atoms with Gasteiger partial charge in [-0.3, -0.25) is 4.79 Å². The van der Waals surface area contributed by atoms with E-state index in [-0.39, 0.29) is 29.1 Å². The van der Waals surface area contributed by atoms with Crippen LogP contribution in [0.1, 0.15) is 36.5 Å². The molecule has 2 N–H and O–H groups in total. The van der Waals surface area contributed by atoms with E-state index in [1.165, 1.54) is 12.1 Å². The number of rotatable bonds is 5. The molecule has 1 fully saturated rings. The van der Waals surface area contributed by atoms with E-state index in [4.69, 9.17) is 0 Å². The molecule has 1 atom stereocenters. The zero-order chi connectivity index (χ0) is 14.6. The number of halogens is 1. The number of piperidine rings is 1. The van der Waals surface area contributed by atoms with Gasteiger partial charge in [0.05, 0.1) is 4.90 Å². The third-order valence-electron chi connectivity index (χ3n) is 3.41. The molecule has 2 rings (SSSR count). The Hall–Kier alpha value is -0.950. The number of benzene rings is 1. The molecule has 1 aliphatic heterocycles. The Morgan fingerprint density at radius 2 is 2.19 bits per heavy atom. The van der Waals surface area contributed by atoms with Crippen molar-refractivity contribution in [3.63, 3.8) is 0 Å². The smallest absolute Gasteiger partial charge is 0.240 e. The zero-order valence-corrected chi connectivity index (χ0v) is 13.6. The lowest BCUT2D eigenvalue weighted by Gasteiger charge is -2.23. The summed E-state index contributed by atoms with van der Waals surface area (Å²) in [5.74, 6) is -0.0543. The molecule has 1 aliphatic rings. The van der Waals surface area contributed by atoms with Crippen molar-refractivity contribution in [2.24, 2.45) is 0 Å². The number of carbonyl (C=O) groups is 1. The van der Waals surface area contributed by atoms with Crippen LogP contribution in [-0.2, 0) is 10.0 Å². The van der Waals surface area contributed by atoms with E-state index in [0.29, 0.717) is 18.5 Å². The van der Waals surface area contributed by atoms with Gasteiger partial charge in [0.2, 0.25) is 10.0 Å². The molecule has 0 amide bonds. The van der Waals surface area contributed by atoms with Gasteiger partial charge in [0.15, 0.2) is 5.78 Å². The van der Waals surface area contributed by atoms with Crippen LogP contribution in [0.25, 0.3) is 0 Å². The first-order valence-electron chi connectivity index (χ1n) is 6.89. The van der Waals surface area contributed by atoms with E-state index in [0.717, 1.165) is 19.4 Å². The van der Waals surface area contributed by atoms with Gasteiger partial charge in [0, 0.05) is 24.6 Å². The van der Waals surface area contributed by atoms with Gasteiger partial charge < -0.3 is 5.32 Å². The molecule has 5 nitrogen and oxygen atoms in total. The van der Waals surface area contributed by atoms with Crippen LogP contribution < -0.4 is 10.0 Å². The standard InChI is InChI=1S/C14H20N2O3S.ClH/c1-2-14(17)11-5-3-7-13(9-11)20(18,19)16-12-6-4-8-15-10-12;/h3,5,7,9,12,15-16H,2,4,6,8,10H2,1H3;1H. The summed E-state index contributed by atoms with van der Waals surface area (Å²) in [6, 6.07) is 6.14. The van der Waals surface area contributed by atoms with E-state index in [1.54, 1.807) is 19.1 Å². The zero-order valence-electron chi connectivity index (χ0n) is 12.0. The molecule has 21 heavy (non-hydrogen) atoms. The normalized spacial score (nSPS) is 18.8. The highest BCUT2D eigenvalue weighted by molar-refractivity contribution is 7.89. The number of hydrogen-bond donors (Lipinski definition) is 2. The lowest BCUT2D eigenvalue weighted by molar-refractivity contribution is 0.0988. The van der Waals surface area contributed by atoms with E-state index >= 15 is 0 Å².